The van der Waals surface area contributed by atoms with E-state index in [4.69, 9.17) is 4.74 Å². The Balaban J connectivity index is 1.10. The summed E-state index contributed by atoms with van der Waals surface area (Å²) < 4.78 is 18.8. The zero-order valence-electron chi connectivity index (χ0n) is 20.8. The lowest BCUT2D eigenvalue weighted by Crippen LogP contribution is -2.29. The van der Waals surface area contributed by atoms with Crippen molar-refractivity contribution in [2.75, 3.05) is 5.32 Å². The quantitative estimate of drug-likeness (QED) is 0.219. The topological polar surface area (TPSA) is 33.6 Å². The molecule has 0 bridgehead atoms. The highest BCUT2D eigenvalue weighted by Crippen LogP contribution is 2.50. The van der Waals surface area contributed by atoms with Crippen LogP contribution in [0.25, 0.3) is 0 Å². The van der Waals surface area contributed by atoms with Gasteiger partial charge in [0.2, 0.25) is 0 Å². The van der Waals surface area contributed by atoms with Gasteiger partial charge in [0.25, 0.3) is 0 Å². The number of aliphatic imine (C=N–C) groups is 1. The van der Waals surface area contributed by atoms with Crippen molar-refractivity contribution in [2.24, 2.45) is 10.9 Å². The molecular weight excluding hydrogens is 459 g/mol. The van der Waals surface area contributed by atoms with Gasteiger partial charge in [-0.2, -0.15) is 0 Å². The van der Waals surface area contributed by atoms with Gasteiger partial charge in [0.05, 0.1) is 11.7 Å². The van der Waals surface area contributed by atoms with Crippen molar-refractivity contribution in [2.45, 2.75) is 31.9 Å². The number of ether oxygens (including phenoxy) is 1. The van der Waals surface area contributed by atoms with E-state index in [9.17, 15) is 4.39 Å². The summed E-state index contributed by atoms with van der Waals surface area (Å²) in [7, 11) is 0. The second kappa shape index (κ2) is 10.1. The standard InChI is InChI=1S/C33H29FN2O/c1-22-5-18-32-31(19-22)29-3-2-4-30(29)33(36-32)25-10-14-27(15-11-25)35-20-23-8-16-28(17-9-23)37-21-24-6-12-26(34)13-7-24/h2-3,5-20,29-30,33,36H,4,21H2,1H3/t29-,30-,33+/m1/s1. The summed E-state index contributed by atoms with van der Waals surface area (Å²) in [6.45, 7) is 2.57. The lowest BCUT2D eigenvalue weighted by atomic mass is 9.76. The van der Waals surface area contributed by atoms with Gasteiger partial charge >= 0.3 is 0 Å². The largest absolute Gasteiger partial charge is 0.489 e. The fraction of sp³-hybridized carbons (Fsp3) is 0.182. The van der Waals surface area contributed by atoms with Crippen molar-refractivity contribution in [1.29, 1.82) is 0 Å². The van der Waals surface area contributed by atoms with Crippen LogP contribution in [-0.2, 0) is 6.61 Å². The summed E-state index contributed by atoms with van der Waals surface area (Å²) in [5.74, 6) is 1.53. The molecule has 184 valence electrons. The van der Waals surface area contributed by atoms with Crippen molar-refractivity contribution >= 4 is 17.6 Å². The maximum atomic E-state index is 13.0. The van der Waals surface area contributed by atoms with Gasteiger partial charge in [0.1, 0.15) is 18.2 Å². The minimum Gasteiger partial charge on any atom is -0.489 e. The Hall–Kier alpha value is -4.18. The monoisotopic (exact) mass is 488 g/mol. The second-order valence-corrected chi connectivity index (χ2v) is 9.90. The average molecular weight is 489 g/mol. The number of nitrogens with one attached hydrogen (secondary N) is 1. The smallest absolute Gasteiger partial charge is 0.123 e. The first-order valence-corrected chi connectivity index (χ1v) is 12.8. The van der Waals surface area contributed by atoms with E-state index in [1.54, 1.807) is 12.1 Å². The summed E-state index contributed by atoms with van der Waals surface area (Å²) in [5.41, 5.74) is 8.13. The van der Waals surface area contributed by atoms with Crippen LogP contribution in [0.2, 0.25) is 0 Å². The van der Waals surface area contributed by atoms with Crippen LogP contribution in [0.15, 0.2) is 108 Å². The third-order valence-electron chi connectivity index (χ3n) is 7.33. The third-order valence-corrected chi connectivity index (χ3v) is 7.33. The van der Waals surface area contributed by atoms with Gasteiger partial charge in [0, 0.05) is 17.8 Å². The summed E-state index contributed by atoms with van der Waals surface area (Å²) in [6.07, 6.45) is 7.68. The molecule has 1 N–H and O–H groups in total. The molecular formula is C33H29FN2O. The maximum Gasteiger partial charge on any atom is 0.123 e. The van der Waals surface area contributed by atoms with Crippen LogP contribution in [0.3, 0.4) is 0 Å². The molecule has 0 saturated heterocycles. The normalized spacial score (nSPS) is 19.9. The van der Waals surface area contributed by atoms with Gasteiger partial charge in [-0.1, -0.05) is 54.1 Å². The van der Waals surface area contributed by atoms with Crippen molar-refractivity contribution in [3.8, 4) is 5.75 Å². The molecule has 0 aromatic heterocycles. The van der Waals surface area contributed by atoms with Gasteiger partial charge in [-0.15, -0.1) is 0 Å². The number of fused-ring (bicyclic) bond motifs is 3. The summed E-state index contributed by atoms with van der Waals surface area (Å²) in [6, 6.07) is 29.8. The van der Waals surface area contributed by atoms with Gasteiger partial charge in [-0.3, -0.25) is 4.99 Å². The molecule has 3 atom stereocenters. The predicted octanol–water partition coefficient (Wildman–Crippen LogP) is 8.29. The van der Waals surface area contributed by atoms with Crippen molar-refractivity contribution < 1.29 is 9.13 Å². The Bertz CT molecular complexity index is 1440. The molecule has 1 heterocycles. The third kappa shape index (κ3) is 5.05. The van der Waals surface area contributed by atoms with Gasteiger partial charge in [0.15, 0.2) is 0 Å². The van der Waals surface area contributed by atoms with E-state index in [1.807, 2.05) is 30.5 Å². The van der Waals surface area contributed by atoms with Gasteiger partial charge < -0.3 is 10.1 Å². The SMILES string of the molecule is Cc1ccc2c(c1)[C@@H]1C=CC[C@H]1[C@H](c1ccc(N=Cc3ccc(OCc4ccc(F)cc4)cc3)cc1)N2. The molecule has 37 heavy (non-hydrogen) atoms. The first-order chi connectivity index (χ1) is 18.1. The molecule has 3 nitrogen and oxygen atoms in total. The Labute approximate surface area is 217 Å². The number of aryl methyl sites for hydroxylation is 1. The number of benzene rings is 4. The van der Waals surface area contributed by atoms with Crippen LogP contribution in [0.5, 0.6) is 5.75 Å². The summed E-state index contributed by atoms with van der Waals surface area (Å²) in [4.78, 5) is 4.67. The van der Waals surface area contributed by atoms with Crippen LogP contribution in [0.4, 0.5) is 15.8 Å². The molecule has 0 amide bonds. The first kappa shape index (κ1) is 23.2. The Morgan fingerprint density at radius 1 is 0.946 bits per heavy atom. The Morgan fingerprint density at radius 3 is 2.51 bits per heavy atom. The van der Waals surface area contributed by atoms with Gasteiger partial charge in [-0.25, -0.2) is 4.39 Å². The molecule has 0 spiro atoms. The van der Waals surface area contributed by atoms with E-state index in [1.165, 1.54) is 34.5 Å². The van der Waals surface area contributed by atoms with Crippen LogP contribution < -0.4 is 10.1 Å². The highest BCUT2D eigenvalue weighted by molar-refractivity contribution is 5.82. The molecule has 6 rings (SSSR count). The molecule has 4 heteroatoms. The van der Waals surface area contributed by atoms with Crippen LogP contribution in [0, 0.1) is 18.7 Å². The number of nitrogens with zero attached hydrogens (tertiary/aromatic N) is 1. The molecule has 0 radical (unpaired) electrons. The lowest BCUT2D eigenvalue weighted by molar-refractivity contribution is 0.306. The number of rotatable bonds is 6. The fourth-order valence-corrected chi connectivity index (χ4v) is 5.36. The molecule has 0 saturated carbocycles. The van der Waals surface area contributed by atoms with Crippen molar-refractivity contribution in [3.05, 3.63) is 137 Å². The molecule has 4 aromatic carbocycles. The molecule has 0 unspecified atom stereocenters. The minimum absolute atomic E-state index is 0.242. The minimum atomic E-state index is -0.242. The summed E-state index contributed by atoms with van der Waals surface area (Å²) >= 11 is 0. The van der Waals surface area contributed by atoms with E-state index in [2.05, 4.69) is 71.8 Å². The zero-order valence-corrected chi connectivity index (χ0v) is 20.8. The van der Waals surface area contributed by atoms with Crippen LogP contribution in [0.1, 0.15) is 46.2 Å². The molecule has 4 aromatic rings. The van der Waals surface area contributed by atoms with E-state index in [0.717, 1.165) is 29.0 Å². The molecule has 1 aliphatic carbocycles. The van der Waals surface area contributed by atoms with Crippen LogP contribution in [-0.4, -0.2) is 6.21 Å². The maximum absolute atomic E-state index is 13.0. The first-order valence-electron chi connectivity index (χ1n) is 12.8. The molecule has 0 fully saturated rings. The van der Waals surface area contributed by atoms with Crippen molar-refractivity contribution in [3.63, 3.8) is 0 Å². The predicted molar refractivity (Wildman–Crippen MR) is 148 cm³/mol. The number of hydrogen-bond acceptors (Lipinski definition) is 3. The number of halogens is 1. The van der Waals surface area contributed by atoms with Crippen molar-refractivity contribution in [1.82, 2.24) is 0 Å². The molecule has 1 aliphatic heterocycles. The fourth-order valence-electron chi connectivity index (χ4n) is 5.36. The number of hydrogen-bond donors (Lipinski definition) is 1. The zero-order chi connectivity index (χ0) is 25.2. The number of anilines is 1. The van der Waals surface area contributed by atoms with E-state index >= 15 is 0 Å². The van der Waals surface area contributed by atoms with Gasteiger partial charge in [-0.05, 0) is 96.1 Å². The van der Waals surface area contributed by atoms with E-state index < -0.39 is 0 Å². The highest BCUT2D eigenvalue weighted by atomic mass is 19.1. The summed E-state index contributed by atoms with van der Waals surface area (Å²) in [5, 5.41) is 3.81. The average Bonchev–Trinajstić information content (AvgIpc) is 3.43. The van der Waals surface area contributed by atoms with E-state index in [0.29, 0.717) is 18.4 Å². The number of allylic oxidation sites excluding steroid dienone is 2. The van der Waals surface area contributed by atoms with Crippen LogP contribution >= 0.6 is 0 Å². The Kier molecular flexibility index (Phi) is 6.32. The molecule has 2 aliphatic rings. The van der Waals surface area contributed by atoms with E-state index in [-0.39, 0.29) is 11.9 Å². The Morgan fingerprint density at radius 2 is 1.73 bits per heavy atom. The highest BCUT2D eigenvalue weighted by Gasteiger charge is 2.37. The lowest BCUT2D eigenvalue weighted by Gasteiger charge is -2.37. The second-order valence-electron chi connectivity index (χ2n) is 9.90.